The van der Waals surface area contributed by atoms with Crippen LogP contribution in [0.1, 0.15) is 17.9 Å². The van der Waals surface area contributed by atoms with Gasteiger partial charge in [0.1, 0.15) is 11.5 Å². The number of hydrogen-bond acceptors (Lipinski definition) is 5. The van der Waals surface area contributed by atoms with Gasteiger partial charge in [0.15, 0.2) is 0 Å². The predicted molar refractivity (Wildman–Crippen MR) is 90.4 cm³/mol. The Balaban J connectivity index is 1.34. The Morgan fingerprint density at radius 1 is 1.16 bits per heavy atom. The lowest BCUT2D eigenvalue weighted by Crippen LogP contribution is -2.11. The van der Waals surface area contributed by atoms with E-state index in [1.165, 1.54) is 0 Å². The molecule has 1 aliphatic rings. The number of rotatable bonds is 5. The van der Waals surface area contributed by atoms with Crippen LogP contribution in [0.3, 0.4) is 0 Å². The van der Waals surface area contributed by atoms with Crippen molar-refractivity contribution >= 4 is 5.97 Å². The molecule has 1 saturated carbocycles. The van der Waals surface area contributed by atoms with Crippen molar-refractivity contribution < 1.29 is 14.3 Å². The molecule has 0 N–H and O–H groups in total. The molecular weight excluding hydrogens is 318 g/mol. The Hall–Kier alpha value is -3.15. The van der Waals surface area contributed by atoms with Crippen molar-refractivity contribution in [2.75, 3.05) is 0 Å². The van der Waals surface area contributed by atoms with E-state index in [0.717, 1.165) is 12.0 Å². The maximum Gasteiger partial charge on any atom is 0.314 e. The van der Waals surface area contributed by atoms with Crippen LogP contribution < -0.4 is 9.47 Å². The normalized spacial score (nSPS) is 18.6. The van der Waals surface area contributed by atoms with E-state index in [-0.39, 0.29) is 17.8 Å². The van der Waals surface area contributed by atoms with E-state index in [1.807, 2.05) is 31.6 Å². The van der Waals surface area contributed by atoms with Crippen molar-refractivity contribution in [1.82, 2.24) is 14.8 Å². The van der Waals surface area contributed by atoms with Crippen molar-refractivity contribution in [2.24, 2.45) is 13.0 Å². The second-order valence-corrected chi connectivity index (χ2v) is 6.06. The molecular formula is C19H17N3O3. The highest BCUT2D eigenvalue weighted by Crippen LogP contribution is 2.48. The Bertz CT molecular complexity index is 874. The van der Waals surface area contributed by atoms with Gasteiger partial charge in [0, 0.05) is 31.4 Å². The molecule has 2 aromatic heterocycles. The lowest BCUT2D eigenvalue weighted by atomic mass is 10.2. The van der Waals surface area contributed by atoms with Crippen molar-refractivity contribution in [1.29, 1.82) is 0 Å². The van der Waals surface area contributed by atoms with Crippen LogP contribution in [0, 0.1) is 5.92 Å². The highest BCUT2D eigenvalue weighted by Gasteiger charge is 2.46. The van der Waals surface area contributed by atoms with Gasteiger partial charge in [0.25, 0.3) is 0 Å². The molecule has 2 atom stereocenters. The summed E-state index contributed by atoms with van der Waals surface area (Å²) in [5.74, 6) is 1.59. The number of nitrogens with zero attached hydrogens (tertiary/aromatic N) is 3. The number of carbonyl (C=O) groups excluding carboxylic acids is 1. The molecule has 0 spiro atoms. The number of esters is 1. The van der Waals surface area contributed by atoms with Crippen molar-refractivity contribution in [3.8, 4) is 17.4 Å². The number of pyridine rings is 1. The first-order valence-electron chi connectivity index (χ1n) is 8.08. The highest BCUT2D eigenvalue weighted by molar-refractivity contribution is 5.79. The van der Waals surface area contributed by atoms with Gasteiger partial charge in [-0.3, -0.25) is 9.48 Å². The van der Waals surface area contributed by atoms with Crippen LogP contribution in [0.15, 0.2) is 61.1 Å². The average molecular weight is 335 g/mol. The van der Waals surface area contributed by atoms with Gasteiger partial charge >= 0.3 is 5.97 Å². The summed E-state index contributed by atoms with van der Waals surface area (Å²) in [5, 5.41) is 4.15. The fraction of sp³-hybridized carbons (Fsp3) is 0.211. The van der Waals surface area contributed by atoms with Crippen molar-refractivity contribution in [3.05, 3.63) is 66.6 Å². The van der Waals surface area contributed by atoms with Crippen LogP contribution in [0.4, 0.5) is 0 Å². The number of carbonyl (C=O) groups is 1. The maximum atomic E-state index is 12.3. The van der Waals surface area contributed by atoms with E-state index in [9.17, 15) is 4.79 Å². The molecule has 126 valence electrons. The SMILES string of the molecule is Cn1cc([C@@H]2C[C@@H]2C(=O)Oc2ccc(Oc3ccccn3)cc2)cn1. The molecule has 3 aromatic rings. The highest BCUT2D eigenvalue weighted by atomic mass is 16.5. The van der Waals surface area contributed by atoms with Crippen LogP contribution in [0.25, 0.3) is 0 Å². The zero-order chi connectivity index (χ0) is 17.2. The second kappa shape index (κ2) is 6.39. The smallest absolute Gasteiger partial charge is 0.314 e. The van der Waals surface area contributed by atoms with Gasteiger partial charge in [-0.2, -0.15) is 5.10 Å². The summed E-state index contributed by atoms with van der Waals surface area (Å²) in [6.45, 7) is 0. The summed E-state index contributed by atoms with van der Waals surface area (Å²) in [5.41, 5.74) is 1.09. The van der Waals surface area contributed by atoms with E-state index in [4.69, 9.17) is 9.47 Å². The molecule has 6 heteroatoms. The standard InChI is InChI=1S/C19H17N3O3/c1-22-12-13(11-21-22)16-10-17(16)19(23)25-15-7-5-14(6-8-15)24-18-4-2-3-9-20-18/h2-9,11-12,16-17H,10H2,1H3/t16-,17-/m0/s1. The molecule has 6 nitrogen and oxygen atoms in total. The summed E-state index contributed by atoms with van der Waals surface area (Å²) in [6.07, 6.45) is 6.23. The molecule has 0 amide bonds. The van der Waals surface area contributed by atoms with Crippen molar-refractivity contribution in [2.45, 2.75) is 12.3 Å². The predicted octanol–water partition coefficient (Wildman–Crippen LogP) is 3.32. The Morgan fingerprint density at radius 2 is 1.96 bits per heavy atom. The van der Waals surface area contributed by atoms with Gasteiger partial charge in [-0.25, -0.2) is 4.98 Å². The minimum atomic E-state index is -0.202. The van der Waals surface area contributed by atoms with Crippen LogP contribution in [-0.2, 0) is 11.8 Å². The molecule has 1 aliphatic carbocycles. The topological polar surface area (TPSA) is 66.2 Å². The monoisotopic (exact) mass is 335 g/mol. The number of hydrogen-bond donors (Lipinski definition) is 0. The first kappa shape index (κ1) is 15.4. The van der Waals surface area contributed by atoms with E-state index in [2.05, 4.69) is 10.1 Å². The maximum absolute atomic E-state index is 12.3. The summed E-state index contributed by atoms with van der Waals surface area (Å²) < 4.78 is 12.8. The average Bonchev–Trinajstić information content (AvgIpc) is 3.32. The summed E-state index contributed by atoms with van der Waals surface area (Å²) in [6, 6.07) is 12.4. The minimum Gasteiger partial charge on any atom is -0.439 e. The summed E-state index contributed by atoms with van der Waals surface area (Å²) >= 11 is 0. The van der Waals surface area contributed by atoms with Gasteiger partial charge in [0.2, 0.25) is 5.88 Å². The molecule has 1 fully saturated rings. The third-order valence-electron chi connectivity index (χ3n) is 4.15. The Morgan fingerprint density at radius 3 is 2.64 bits per heavy atom. The number of benzene rings is 1. The van der Waals surface area contributed by atoms with E-state index >= 15 is 0 Å². The van der Waals surface area contributed by atoms with Crippen LogP contribution in [-0.4, -0.2) is 20.7 Å². The lowest BCUT2D eigenvalue weighted by molar-refractivity contribution is -0.135. The molecule has 1 aromatic carbocycles. The third kappa shape index (κ3) is 3.52. The third-order valence-corrected chi connectivity index (χ3v) is 4.15. The van der Waals surface area contributed by atoms with Crippen LogP contribution in [0.2, 0.25) is 0 Å². The molecule has 0 saturated heterocycles. The first-order chi connectivity index (χ1) is 12.2. The zero-order valence-corrected chi connectivity index (χ0v) is 13.7. The Kier molecular flexibility index (Phi) is 3.93. The van der Waals surface area contributed by atoms with Gasteiger partial charge in [-0.1, -0.05) is 6.07 Å². The van der Waals surface area contributed by atoms with E-state index < -0.39 is 0 Å². The lowest BCUT2D eigenvalue weighted by Gasteiger charge is -2.06. The Labute approximate surface area is 145 Å². The molecule has 0 aliphatic heterocycles. The largest absolute Gasteiger partial charge is 0.439 e. The van der Waals surface area contributed by atoms with Gasteiger partial charge in [-0.05, 0) is 42.3 Å². The molecule has 0 bridgehead atoms. The van der Waals surface area contributed by atoms with Crippen LogP contribution >= 0.6 is 0 Å². The molecule has 0 unspecified atom stereocenters. The number of aryl methyl sites for hydroxylation is 1. The number of ether oxygens (including phenoxy) is 2. The first-order valence-corrected chi connectivity index (χ1v) is 8.08. The quantitative estimate of drug-likeness (QED) is 0.528. The van der Waals surface area contributed by atoms with Crippen LogP contribution in [0.5, 0.6) is 17.4 Å². The number of aromatic nitrogens is 3. The molecule has 0 radical (unpaired) electrons. The zero-order valence-electron chi connectivity index (χ0n) is 13.7. The molecule has 25 heavy (non-hydrogen) atoms. The molecule has 4 rings (SSSR count). The van der Waals surface area contributed by atoms with E-state index in [0.29, 0.717) is 17.4 Å². The van der Waals surface area contributed by atoms with Gasteiger partial charge < -0.3 is 9.47 Å². The fourth-order valence-corrected chi connectivity index (χ4v) is 2.75. The van der Waals surface area contributed by atoms with Gasteiger partial charge in [-0.15, -0.1) is 0 Å². The fourth-order valence-electron chi connectivity index (χ4n) is 2.75. The second-order valence-electron chi connectivity index (χ2n) is 6.06. The van der Waals surface area contributed by atoms with Crippen molar-refractivity contribution in [3.63, 3.8) is 0 Å². The van der Waals surface area contributed by atoms with E-state index in [1.54, 1.807) is 41.2 Å². The van der Waals surface area contributed by atoms with Gasteiger partial charge in [0.05, 0.1) is 12.1 Å². The summed E-state index contributed by atoms with van der Waals surface area (Å²) in [4.78, 5) is 16.4. The minimum absolute atomic E-state index is 0.0892. The summed E-state index contributed by atoms with van der Waals surface area (Å²) in [7, 11) is 1.87. The molecule has 2 heterocycles.